The van der Waals surface area contributed by atoms with Gasteiger partial charge in [0.25, 0.3) is 0 Å². The normalized spacial score (nSPS) is 10.2. The fraction of sp³-hybridized carbons (Fsp3) is 0.100. The molecule has 13 heavy (non-hydrogen) atoms. The van der Waals surface area contributed by atoms with Gasteiger partial charge in [-0.05, 0) is 17.7 Å². The highest BCUT2D eigenvalue weighted by Crippen LogP contribution is 2.15. The molecule has 0 spiro atoms. The maximum Gasteiger partial charge on any atom is 0.417 e. The zero-order valence-electron chi connectivity index (χ0n) is 6.87. The summed E-state index contributed by atoms with van der Waals surface area (Å²) in [5, 5.41) is 0.675. The molecule has 0 unspecified atom stereocenters. The van der Waals surface area contributed by atoms with E-state index in [9.17, 15) is 4.79 Å². The van der Waals surface area contributed by atoms with Gasteiger partial charge in [-0.1, -0.05) is 35.9 Å². The van der Waals surface area contributed by atoms with E-state index >= 15 is 0 Å². The minimum atomic E-state index is 0.217. The summed E-state index contributed by atoms with van der Waals surface area (Å²) in [6.45, 7) is 1.55. The molecule has 0 aliphatic rings. The molecule has 0 aliphatic carbocycles. The molecule has 1 rings (SSSR count). The first-order chi connectivity index (χ1) is 6.34. The first-order valence-corrected chi connectivity index (χ1v) is 4.12. The van der Waals surface area contributed by atoms with E-state index in [4.69, 9.17) is 11.6 Å². The van der Waals surface area contributed by atoms with Gasteiger partial charge in [-0.2, -0.15) is 0 Å². The van der Waals surface area contributed by atoms with Crippen molar-refractivity contribution in [2.75, 3.05) is 6.61 Å². The van der Waals surface area contributed by atoms with E-state index in [1.54, 1.807) is 18.2 Å². The van der Waals surface area contributed by atoms with Crippen LogP contribution in [0.5, 0.6) is 0 Å². The number of rotatable bonds is 4. The van der Waals surface area contributed by atoms with Gasteiger partial charge in [-0.15, -0.1) is 0 Å². The first kappa shape index (κ1) is 9.81. The van der Waals surface area contributed by atoms with Crippen LogP contribution < -0.4 is 0 Å². The van der Waals surface area contributed by atoms with E-state index < -0.39 is 0 Å². The lowest BCUT2D eigenvalue weighted by molar-refractivity contribution is 0.314. The highest BCUT2D eigenvalue weighted by molar-refractivity contribution is 6.32. The summed E-state index contributed by atoms with van der Waals surface area (Å²) >= 11 is 5.87. The lowest BCUT2D eigenvalue weighted by Crippen LogP contribution is -1.85. The standard InChI is InChI=1S/C10H8ClO2/c11-10-6-2-1-4-9(10)5-3-7-13-8-12/h1-6H,7H2. The summed E-state index contributed by atoms with van der Waals surface area (Å²) in [5.41, 5.74) is 0.902. The molecule has 0 atom stereocenters. The third-order valence-electron chi connectivity index (χ3n) is 1.44. The van der Waals surface area contributed by atoms with Crippen molar-refractivity contribution in [3.63, 3.8) is 0 Å². The molecule has 0 saturated heterocycles. The molecule has 3 heteroatoms. The Bertz CT molecular complexity index is 308. The summed E-state index contributed by atoms with van der Waals surface area (Å²) in [6, 6.07) is 7.42. The van der Waals surface area contributed by atoms with Crippen LogP contribution in [-0.4, -0.2) is 13.1 Å². The molecule has 0 fully saturated rings. The molecule has 1 aromatic rings. The molecule has 1 aromatic carbocycles. The van der Waals surface area contributed by atoms with Crippen LogP contribution in [-0.2, 0) is 9.53 Å². The van der Waals surface area contributed by atoms with Gasteiger partial charge in [0.15, 0.2) is 0 Å². The zero-order chi connectivity index (χ0) is 9.52. The zero-order valence-corrected chi connectivity index (χ0v) is 7.62. The Labute approximate surface area is 81.8 Å². The summed E-state index contributed by atoms with van der Waals surface area (Å²) in [4.78, 5) is 9.68. The average molecular weight is 196 g/mol. The van der Waals surface area contributed by atoms with Crippen LogP contribution >= 0.6 is 11.6 Å². The quantitative estimate of drug-likeness (QED) is 0.690. The van der Waals surface area contributed by atoms with E-state index in [1.807, 2.05) is 18.2 Å². The number of ether oxygens (including phenoxy) is 1. The highest BCUT2D eigenvalue weighted by Gasteiger charge is 1.91. The number of halogens is 1. The Morgan fingerprint density at radius 3 is 2.92 bits per heavy atom. The lowest BCUT2D eigenvalue weighted by Gasteiger charge is -1.95. The van der Waals surface area contributed by atoms with Gasteiger partial charge >= 0.3 is 6.47 Å². The molecule has 0 aromatic heterocycles. The topological polar surface area (TPSA) is 26.3 Å². The van der Waals surface area contributed by atoms with Gasteiger partial charge in [0.2, 0.25) is 0 Å². The van der Waals surface area contributed by atoms with Crippen molar-refractivity contribution in [2.24, 2.45) is 0 Å². The average Bonchev–Trinajstić information content (AvgIpc) is 2.15. The SMILES string of the molecule is O=[C]OCC=Cc1ccccc1Cl. The molecule has 2 nitrogen and oxygen atoms in total. The third kappa shape index (κ3) is 3.30. The maximum absolute atomic E-state index is 9.68. The van der Waals surface area contributed by atoms with Gasteiger partial charge in [0.1, 0.15) is 6.61 Å². The van der Waals surface area contributed by atoms with Crippen molar-refractivity contribution in [2.45, 2.75) is 0 Å². The van der Waals surface area contributed by atoms with Crippen molar-refractivity contribution >= 4 is 24.1 Å². The van der Waals surface area contributed by atoms with Crippen LogP contribution in [0.4, 0.5) is 0 Å². The van der Waals surface area contributed by atoms with Crippen molar-refractivity contribution < 1.29 is 9.53 Å². The van der Waals surface area contributed by atoms with Crippen molar-refractivity contribution in [3.05, 3.63) is 40.9 Å². The van der Waals surface area contributed by atoms with Crippen LogP contribution in [0.25, 0.3) is 6.08 Å². The van der Waals surface area contributed by atoms with E-state index in [0.29, 0.717) is 5.02 Å². The molecule has 1 radical (unpaired) electrons. The Hall–Kier alpha value is -1.28. The Morgan fingerprint density at radius 2 is 2.23 bits per heavy atom. The van der Waals surface area contributed by atoms with Crippen LogP contribution in [0.2, 0.25) is 5.02 Å². The number of hydrogen-bond acceptors (Lipinski definition) is 2. The molecule has 0 aliphatic heterocycles. The van der Waals surface area contributed by atoms with Gasteiger partial charge in [0, 0.05) is 5.02 Å². The van der Waals surface area contributed by atoms with Gasteiger partial charge in [-0.3, -0.25) is 0 Å². The summed E-state index contributed by atoms with van der Waals surface area (Å²) in [7, 11) is 0. The van der Waals surface area contributed by atoms with Crippen LogP contribution in [0.15, 0.2) is 30.3 Å². The van der Waals surface area contributed by atoms with Crippen LogP contribution in [0.3, 0.4) is 0 Å². The molecule has 0 N–H and O–H groups in total. The second kappa shape index (κ2) is 5.38. The fourth-order valence-corrected chi connectivity index (χ4v) is 1.07. The molecule has 67 valence electrons. The van der Waals surface area contributed by atoms with Crippen LogP contribution in [0, 0.1) is 0 Å². The molecular formula is C10H8ClO2. The molecule has 0 saturated carbocycles. The van der Waals surface area contributed by atoms with Gasteiger partial charge < -0.3 is 4.74 Å². The second-order valence-corrected chi connectivity index (χ2v) is 2.73. The number of hydrogen-bond donors (Lipinski definition) is 0. The first-order valence-electron chi connectivity index (χ1n) is 3.74. The van der Waals surface area contributed by atoms with Crippen molar-refractivity contribution in [1.29, 1.82) is 0 Å². The fourth-order valence-electron chi connectivity index (χ4n) is 0.867. The lowest BCUT2D eigenvalue weighted by atomic mass is 10.2. The van der Waals surface area contributed by atoms with E-state index in [2.05, 4.69) is 4.74 Å². The second-order valence-electron chi connectivity index (χ2n) is 2.32. The predicted octanol–water partition coefficient (Wildman–Crippen LogP) is 2.44. The minimum absolute atomic E-state index is 0.217. The Kier molecular flexibility index (Phi) is 4.06. The van der Waals surface area contributed by atoms with E-state index in [0.717, 1.165) is 5.56 Å². The highest BCUT2D eigenvalue weighted by atomic mass is 35.5. The molecule has 0 bridgehead atoms. The smallest absolute Gasteiger partial charge is 0.417 e. The third-order valence-corrected chi connectivity index (χ3v) is 1.79. The Morgan fingerprint density at radius 1 is 1.46 bits per heavy atom. The van der Waals surface area contributed by atoms with E-state index in [1.165, 1.54) is 6.47 Å². The van der Waals surface area contributed by atoms with Gasteiger partial charge in [-0.25, -0.2) is 4.79 Å². The minimum Gasteiger partial charge on any atom is -0.453 e. The largest absolute Gasteiger partial charge is 0.453 e. The molecule has 0 heterocycles. The van der Waals surface area contributed by atoms with E-state index in [-0.39, 0.29) is 6.61 Å². The number of benzene rings is 1. The van der Waals surface area contributed by atoms with Crippen LogP contribution in [0.1, 0.15) is 5.56 Å². The summed E-state index contributed by atoms with van der Waals surface area (Å²) in [6.07, 6.45) is 3.49. The van der Waals surface area contributed by atoms with Crippen molar-refractivity contribution in [3.8, 4) is 0 Å². The number of carbonyl (C=O) groups excluding carboxylic acids is 1. The van der Waals surface area contributed by atoms with Gasteiger partial charge in [0.05, 0.1) is 0 Å². The summed E-state index contributed by atoms with van der Waals surface area (Å²) in [5.74, 6) is 0. The summed E-state index contributed by atoms with van der Waals surface area (Å²) < 4.78 is 4.36. The molecular weight excluding hydrogens is 188 g/mol. The van der Waals surface area contributed by atoms with Crippen molar-refractivity contribution in [1.82, 2.24) is 0 Å². The predicted molar refractivity (Wildman–Crippen MR) is 52.1 cm³/mol. The maximum atomic E-state index is 9.68. The monoisotopic (exact) mass is 195 g/mol. The Balaban J connectivity index is 2.58. The molecule has 0 amide bonds.